The summed E-state index contributed by atoms with van der Waals surface area (Å²) in [5.41, 5.74) is 2.08. The van der Waals surface area contributed by atoms with Crippen LogP contribution in [0, 0.1) is 19.8 Å². The van der Waals surface area contributed by atoms with E-state index >= 15 is 0 Å². The van der Waals surface area contributed by atoms with Gasteiger partial charge >= 0.3 is 0 Å². The lowest BCUT2D eigenvalue weighted by atomic mass is 10.1. The van der Waals surface area contributed by atoms with Gasteiger partial charge in [0.05, 0.1) is 5.69 Å². The molecule has 0 aromatic carbocycles. The SMILES string of the molecule is CCNC(=NCCc1c(C)noc1C)NC1CCN(C(=O)C2CCCC2)C1.I. The molecule has 0 radical (unpaired) electrons. The van der Waals surface area contributed by atoms with Gasteiger partial charge < -0.3 is 20.1 Å². The van der Waals surface area contributed by atoms with Crippen LogP contribution < -0.4 is 10.6 Å². The second kappa shape index (κ2) is 11.0. The molecule has 2 aliphatic rings. The largest absolute Gasteiger partial charge is 0.361 e. The first-order valence-electron chi connectivity index (χ1n) is 10.3. The van der Waals surface area contributed by atoms with Crippen molar-refractivity contribution < 1.29 is 9.32 Å². The number of hydrogen-bond donors (Lipinski definition) is 2. The van der Waals surface area contributed by atoms with Crippen LogP contribution in [-0.2, 0) is 11.2 Å². The molecule has 1 atom stereocenters. The van der Waals surface area contributed by atoms with E-state index in [4.69, 9.17) is 9.52 Å². The molecule has 1 aromatic rings. The highest BCUT2D eigenvalue weighted by atomic mass is 127. The molecule has 1 unspecified atom stereocenters. The van der Waals surface area contributed by atoms with Gasteiger partial charge in [-0.05, 0) is 46.5 Å². The zero-order valence-corrected chi connectivity index (χ0v) is 19.6. The third kappa shape index (κ3) is 5.84. The summed E-state index contributed by atoms with van der Waals surface area (Å²) in [5, 5.41) is 10.8. The van der Waals surface area contributed by atoms with Crippen molar-refractivity contribution in [1.82, 2.24) is 20.7 Å². The fourth-order valence-electron chi connectivity index (χ4n) is 4.16. The van der Waals surface area contributed by atoms with Gasteiger partial charge in [0.15, 0.2) is 5.96 Å². The van der Waals surface area contributed by atoms with E-state index in [-0.39, 0.29) is 35.9 Å². The van der Waals surface area contributed by atoms with E-state index in [0.29, 0.717) is 12.5 Å². The molecule has 3 rings (SSSR count). The smallest absolute Gasteiger partial charge is 0.225 e. The summed E-state index contributed by atoms with van der Waals surface area (Å²) in [6, 6.07) is 0.271. The number of hydrogen-bond acceptors (Lipinski definition) is 4. The Morgan fingerprint density at radius 2 is 2.04 bits per heavy atom. The van der Waals surface area contributed by atoms with E-state index in [1.165, 1.54) is 12.8 Å². The molecule has 2 heterocycles. The number of aromatic nitrogens is 1. The second-order valence-corrected chi connectivity index (χ2v) is 7.71. The number of nitrogens with zero attached hydrogens (tertiary/aromatic N) is 3. The molecular weight excluding hydrogens is 469 g/mol. The number of aliphatic imine (C=N–C) groups is 1. The third-order valence-corrected chi connectivity index (χ3v) is 5.70. The van der Waals surface area contributed by atoms with E-state index in [1.807, 2.05) is 18.7 Å². The van der Waals surface area contributed by atoms with Gasteiger partial charge in [-0.15, -0.1) is 24.0 Å². The Morgan fingerprint density at radius 3 is 2.68 bits per heavy atom. The normalized spacial score (nSPS) is 20.3. The van der Waals surface area contributed by atoms with Crippen molar-refractivity contribution >= 4 is 35.8 Å². The highest BCUT2D eigenvalue weighted by Crippen LogP contribution is 2.27. The number of amides is 1. The monoisotopic (exact) mass is 503 g/mol. The molecule has 8 heteroatoms. The van der Waals surface area contributed by atoms with Gasteiger partial charge in [-0.2, -0.15) is 0 Å². The summed E-state index contributed by atoms with van der Waals surface area (Å²) in [6.07, 6.45) is 6.34. The van der Waals surface area contributed by atoms with Gasteiger partial charge in [-0.25, -0.2) is 0 Å². The standard InChI is InChI=1S/C20H33N5O2.HI/c1-4-21-20(22-11-9-18-14(2)24-27-15(18)3)23-17-10-12-25(13-17)19(26)16-7-5-6-8-16;/h16-17H,4-13H2,1-3H3,(H2,21,22,23);1H. The molecule has 1 aliphatic heterocycles. The number of nitrogens with one attached hydrogen (secondary N) is 2. The van der Waals surface area contributed by atoms with E-state index < -0.39 is 0 Å². The van der Waals surface area contributed by atoms with Crippen LogP contribution in [0.3, 0.4) is 0 Å². The topological polar surface area (TPSA) is 82.8 Å². The second-order valence-electron chi connectivity index (χ2n) is 7.71. The Balaban J connectivity index is 0.00000280. The number of rotatable bonds is 6. The van der Waals surface area contributed by atoms with Crippen molar-refractivity contribution in [3.05, 3.63) is 17.0 Å². The van der Waals surface area contributed by atoms with Crippen LogP contribution in [0.2, 0.25) is 0 Å². The van der Waals surface area contributed by atoms with Crippen molar-refractivity contribution in [3.8, 4) is 0 Å². The first-order valence-corrected chi connectivity index (χ1v) is 10.3. The molecule has 1 amide bonds. The third-order valence-electron chi connectivity index (χ3n) is 5.70. The van der Waals surface area contributed by atoms with Crippen molar-refractivity contribution in [1.29, 1.82) is 0 Å². The van der Waals surface area contributed by atoms with Crippen LogP contribution >= 0.6 is 24.0 Å². The fraction of sp³-hybridized carbons (Fsp3) is 0.750. The lowest BCUT2D eigenvalue weighted by molar-refractivity contribution is -0.134. The Hall–Kier alpha value is -1.32. The molecular formula is C20H34IN5O2. The van der Waals surface area contributed by atoms with Crippen molar-refractivity contribution in [2.75, 3.05) is 26.2 Å². The van der Waals surface area contributed by atoms with E-state index in [9.17, 15) is 4.79 Å². The zero-order valence-electron chi connectivity index (χ0n) is 17.3. The van der Waals surface area contributed by atoms with Gasteiger partial charge in [0.2, 0.25) is 5.91 Å². The minimum atomic E-state index is 0. The highest BCUT2D eigenvalue weighted by molar-refractivity contribution is 14.0. The summed E-state index contributed by atoms with van der Waals surface area (Å²) in [7, 11) is 0. The average molecular weight is 503 g/mol. The summed E-state index contributed by atoms with van der Waals surface area (Å²) in [6.45, 7) is 9.10. The highest BCUT2D eigenvalue weighted by Gasteiger charge is 2.32. The molecule has 158 valence electrons. The van der Waals surface area contributed by atoms with Gasteiger partial charge in [0.1, 0.15) is 5.76 Å². The van der Waals surface area contributed by atoms with Gasteiger partial charge in [-0.1, -0.05) is 18.0 Å². The summed E-state index contributed by atoms with van der Waals surface area (Å²) >= 11 is 0. The summed E-state index contributed by atoms with van der Waals surface area (Å²) < 4.78 is 5.22. The Morgan fingerprint density at radius 1 is 1.29 bits per heavy atom. The number of likely N-dealkylation sites (tertiary alicyclic amines) is 1. The number of aryl methyl sites for hydroxylation is 2. The van der Waals surface area contributed by atoms with E-state index in [2.05, 4.69) is 22.7 Å². The quantitative estimate of drug-likeness (QED) is 0.355. The maximum Gasteiger partial charge on any atom is 0.225 e. The van der Waals surface area contributed by atoms with Gasteiger partial charge in [-0.3, -0.25) is 9.79 Å². The number of carbonyl (C=O) groups is 1. The van der Waals surface area contributed by atoms with Gasteiger partial charge in [0.25, 0.3) is 0 Å². The molecule has 1 aliphatic carbocycles. The Bertz CT molecular complexity index is 650. The lowest BCUT2D eigenvalue weighted by Gasteiger charge is -2.21. The van der Waals surface area contributed by atoms with Crippen molar-refractivity contribution in [2.45, 2.75) is 65.3 Å². The van der Waals surface area contributed by atoms with Crippen LogP contribution in [0.5, 0.6) is 0 Å². The van der Waals surface area contributed by atoms with E-state index in [0.717, 1.165) is 68.3 Å². The average Bonchev–Trinajstić information content (AvgIpc) is 3.39. The number of carbonyl (C=O) groups excluding carboxylic acids is 1. The lowest BCUT2D eigenvalue weighted by Crippen LogP contribution is -2.45. The Labute approximate surface area is 185 Å². The first-order chi connectivity index (χ1) is 13.1. The molecule has 0 bridgehead atoms. The van der Waals surface area contributed by atoms with Crippen molar-refractivity contribution in [2.24, 2.45) is 10.9 Å². The maximum absolute atomic E-state index is 12.6. The minimum Gasteiger partial charge on any atom is -0.361 e. The first kappa shape index (κ1) is 23.0. The van der Waals surface area contributed by atoms with Gasteiger partial charge in [0, 0.05) is 43.7 Å². The van der Waals surface area contributed by atoms with Crippen LogP contribution in [0.25, 0.3) is 0 Å². The number of halogens is 1. The van der Waals surface area contributed by atoms with Crippen LogP contribution in [0.1, 0.15) is 56.0 Å². The molecule has 7 nitrogen and oxygen atoms in total. The zero-order chi connectivity index (χ0) is 19.2. The molecule has 1 saturated carbocycles. The predicted molar refractivity (Wildman–Crippen MR) is 121 cm³/mol. The van der Waals surface area contributed by atoms with Crippen LogP contribution in [0.15, 0.2) is 9.52 Å². The minimum absolute atomic E-state index is 0. The Kier molecular flexibility index (Phi) is 9.04. The van der Waals surface area contributed by atoms with Crippen molar-refractivity contribution in [3.63, 3.8) is 0 Å². The van der Waals surface area contributed by atoms with Crippen LogP contribution in [0.4, 0.5) is 0 Å². The molecule has 2 fully saturated rings. The molecule has 28 heavy (non-hydrogen) atoms. The molecule has 0 spiro atoms. The molecule has 2 N–H and O–H groups in total. The predicted octanol–water partition coefficient (Wildman–Crippen LogP) is 2.80. The fourth-order valence-corrected chi connectivity index (χ4v) is 4.16. The maximum atomic E-state index is 12.6. The van der Waals surface area contributed by atoms with Crippen LogP contribution in [-0.4, -0.2) is 54.1 Å². The number of guanidine groups is 1. The van der Waals surface area contributed by atoms with E-state index in [1.54, 1.807) is 0 Å². The summed E-state index contributed by atoms with van der Waals surface area (Å²) in [4.78, 5) is 19.4. The molecule has 1 aromatic heterocycles. The summed E-state index contributed by atoms with van der Waals surface area (Å²) in [5.74, 6) is 2.32. The molecule has 1 saturated heterocycles.